The molecule has 8 heteroatoms. The van der Waals surface area contributed by atoms with Crippen molar-refractivity contribution in [3.63, 3.8) is 0 Å². The van der Waals surface area contributed by atoms with Gasteiger partial charge in [-0.15, -0.1) is 0 Å². The molecule has 1 spiro atoms. The molecule has 3 saturated carbocycles. The Balaban J connectivity index is 1.27. The van der Waals surface area contributed by atoms with E-state index < -0.39 is 5.60 Å². The lowest BCUT2D eigenvalue weighted by molar-refractivity contribution is -0.229. The van der Waals surface area contributed by atoms with Crippen molar-refractivity contribution in [1.29, 1.82) is 0 Å². The normalized spacial score (nSPS) is 28.1. The molecule has 1 saturated heterocycles. The van der Waals surface area contributed by atoms with Crippen LogP contribution in [0.4, 0.5) is 0 Å². The molecular formula is C27H40N2O5S. The van der Waals surface area contributed by atoms with Crippen molar-refractivity contribution in [2.45, 2.75) is 82.0 Å². The number of carbonyl (C=O) groups is 1. The van der Waals surface area contributed by atoms with Crippen LogP contribution in [0.15, 0.2) is 18.3 Å². The molecule has 0 N–H and O–H groups in total. The molecule has 2 heterocycles. The fourth-order valence-corrected chi connectivity index (χ4v) is 7.36. The van der Waals surface area contributed by atoms with E-state index in [0.29, 0.717) is 11.8 Å². The van der Waals surface area contributed by atoms with E-state index in [9.17, 15) is 4.79 Å². The summed E-state index contributed by atoms with van der Waals surface area (Å²) in [5.41, 5.74) is 0.474. The van der Waals surface area contributed by atoms with Gasteiger partial charge in [-0.2, -0.15) is 11.8 Å². The summed E-state index contributed by atoms with van der Waals surface area (Å²) >= 11 is 1.92. The summed E-state index contributed by atoms with van der Waals surface area (Å²) in [6.07, 6.45) is 14.1. The molecule has 1 amide bonds. The van der Waals surface area contributed by atoms with E-state index in [-0.39, 0.29) is 31.6 Å². The third kappa shape index (κ3) is 5.50. The van der Waals surface area contributed by atoms with Gasteiger partial charge in [-0.1, -0.05) is 6.42 Å². The number of thioether (sulfide) groups is 1. The molecule has 0 aromatic carbocycles. The van der Waals surface area contributed by atoms with Crippen LogP contribution < -0.4 is 4.74 Å². The summed E-state index contributed by atoms with van der Waals surface area (Å²) in [7, 11) is 3.22. The number of carbonyl (C=O) groups excluding carboxylic acids is 1. The van der Waals surface area contributed by atoms with Crippen LogP contribution in [-0.2, 0) is 25.4 Å². The summed E-state index contributed by atoms with van der Waals surface area (Å²) in [6.45, 7) is 0.335. The van der Waals surface area contributed by atoms with E-state index in [1.165, 1.54) is 44.9 Å². The van der Waals surface area contributed by atoms with Crippen LogP contribution in [0.2, 0.25) is 0 Å². The minimum absolute atomic E-state index is 0.0548. The Morgan fingerprint density at radius 2 is 1.89 bits per heavy atom. The Kier molecular flexibility index (Phi) is 7.92. The first-order valence-corrected chi connectivity index (χ1v) is 14.4. The highest BCUT2D eigenvalue weighted by molar-refractivity contribution is 7.99. The minimum Gasteiger partial charge on any atom is -0.490 e. The number of amides is 1. The Morgan fingerprint density at radius 1 is 1.09 bits per heavy atom. The average molecular weight is 505 g/mol. The van der Waals surface area contributed by atoms with Crippen LogP contribution >= 0.6 is 11.8 Å². The molecule has 0 unspecified atom stereocenters. The Labute approximate surface area is 213 Å². The van der Waals surface area contributed by atoms with Gasteiger partial charge in [0, 0.05) is 44.4 Å². The van der Waals surface area contributed by atoms with Crippen molar-refractivity contribution in [1.82, 2.24) is 9.88 Å². The fourth-order valence-electron chi connectivity index (χ4n) is 5.88. The first-order valence-electron chi connectivity index (χ1n) is 13.2. The number of ether oxygens (including phenoxy) is 4. The van der Waals surface area contributed by atoms with E-state index >= 15 is 0 Å². The zero-order valence-corrected chi connectivity index (χ0v) is 22.0. The maximum Gasteiger partial charge on any atom is 0.259 e. The van der Waals surface area contributed by atoms with Crippen LogP contribution in [-0.4, -0.2) is 72.8 Å². The van der Waals surface area contributed by atoms with E-state index in [1.54, 1.807) is 25.3 Å². The van der Waals surface area contributed by atoms with Crippen LogP contribution in [0.25, 0.3) is 0 Å². The Morgan fingerprint density at radius 3 is 2.54 bits per heavy atom. The average Bonchev–Trinajstić information content (AvgIpc) is 3.60. The number of methoxy groups -OCH3 is 2. The van der Waals surface area contributed by atoms with Gasteiger partial charge < -0.3 is 23.8 Å². The smallest absolute Gasteiger partial charge is 0.259 e. The minimum atomic E-state index is -0.990. The molecule has 7 nitrogen and oxygen atoms in total. The first kappa shape index (κ1) is 25.3. The highest BCUT2D eigenvalue weighted by Gasteiger charge is 2.62. The fraction of sp³-hybridized carbons (Fsp3) is 0.778. The van der Waals surface area contributed by atoms with Crippen molar-refractivity contribution in [3.8, 4) is 5.75 Å². The van der Waals surface area contributed by atoms with Gasteiger partial charge in [0.05, 0.1) is 12.1 Å². The molecule has 4 aliphatic rings. The van der Waals surface area contributed by atoms with E-state index in [2.05, 4.69) is 4.98 Å². The monoisotopic (exact) mass is 504 g/mol. The zero-order chi connectivity index (χ0) is 24.3. The van der Waals surface area contributed by atoms with E-state index in [0.717, 1.165) is 41.7 Å². The van der Waals surface area contributed by atoms with Crippen LogP contribution in [0.5, 0.6) is 5.75 Å². The van der Waals surface area contributed by atoms with Gasteiger partial charge in [0.1, 0.15) is 19.3 Å². The summed E-state index contributed by atoms with van der Waals surface area (Å²) in [6, 6.07) is 3.83. The number of nitrogens with zero attached hydrogens (tertiary/aromatic N) is 2. The number of pyridine rings is 1. The second kappa shape index (κ2) is 11.0. The van der Waals surface area contributed by atoms with Crippen molar-refractivity contribution in [2.75, 3.05) is 39.2 Å². The molecule has 1 aromatic rings. The SMILES string of the molecule is COCO[C@@]1(Cc2cc(OC3CCC4(CC3)CC4)ccn2)C(=O)N(COC)[C@H]1CSCC1CCC1. The van der Waals surface area contributed by atoms with Gasteiger partial charge in [-0.25, -0.2) is 0 Å². The molecule has 35 heavy (non-hydrogen) atoms. The Hall–Kier alpha value is -1.35. The van der Waals surface area contributed by atoms with Gasteiger partial charge in [0.15, 0.2) is 5.60 Å². The predicted octanol–water partition coefficient (Wildman–Crippen LogP) is 4.43. The number of β-lactam (4-membered cyclic amide) rings is 1. The van der Waals surface area contributed by atoms with Crippen LogP contribution in [0.1, 0.15) is 63.5 Å². The summed E-state index contributed by atoms with van der Waals surface area (Å²) in [5.74, 6) is 3.54. The van der Waals surface area contributed by atoms with Crippen molar-refractivity contribution >= 4 is 17.7 Å². The lowest BCUT2D eigenvalue weighted by Gasteiger charge is -2.54. The molecule has 1 aliphatic heterocycles. The lowest BCUT2D eigenvalue weighted by atomic mass is 9.79. The topological polar surface area (TPSA) is 70.1 Å². The number of hydrogen-bond donors (Lipinski definition) is 0. The van der Waals surface area contributed by atoms with Gasteiger partial charge in [-0.05, 0) is 74.5 Å². The maximum absolute atomic E-state index is 13.4. The molecule has 5 rings (SSSR count). The number of hydrogen-bond acceptors (Lipinski definition) is 7. The number of likely N-dealkylation sites (tertiary alicyclic amines) is 1. The van der Waals surface area contributed by atoms with Gasteiger partial charge in [-0.3, -0.25) is 9.78 Å². The first-order chi connectivity index (χ1) is 17.1. The van der Waals surface area contributed by atoms with E-state index in [4.69, 9.17) is 18.9 Å². The second-order valence-electron chi connectivity index (χ2n) is 11.0. The summed E-state index contributed by atoms with van der Waals surface area (Å²) in [5, 5.41) is 0. The largest absolute Gasteiger partial charge is 0.490 e. The van der Waals surface area contributed by atoms with Crippen molar-refractivity contribution in [2.24, 2.45) is 11.3 Å². The summed E-state index contributed by atoms with van der Waals surface area (Å²) < 4.78 is 23.1. The summed E-state index contributed by atoms with van der Waals surface area (Å²) in [4.78, 5) is 19.8. The van der Waals surface area contributed by atoms with Gasteiger partial charge in [0.2, 0.25) is 0 Å². The zero-order valence-electron chi connectivity index (χ0n) is 21.2. The molecule has 0 radical (unpaired) electrons. The van der Waals surface area contributed by atoms with Crippen LogP contribution in [0, 0.1) is 11.3 Å². The number of rotatable bonds is 13. The Bertz CT molecular complexity index is 867. The van der Waals surface area contributed by atoms with E-state index in [1.807, 2.05) is 23.9 Å². The van der Waals surface area contributed by atoms with Crippen molar-refractivity contribution < 1.29 is 23.7 Å². The van der Waals surface area contributed by atoms with Crippen LogP contribution in [0.3, 0.4) is 0 Å². The maximum atomic E-state index is 13.4. The molecule has 2 atom stereocenters. The quantitative estimate of drug-likeness (QED) is 0.291. The molecular weight excluding hydrogens is 464 g/mol. The third-order valence-corrected chi connectivity index (χ3v) is 9.84. The standard InChI is InChI=1S/C27H40N2O5S/c1-31-18-29-24(17-35-16-20-4-3-5-20)27(25(29)30,33-19-32-2)15-21-14-23(8-13-28-21)34-22-6-9-26(10-7-22)11-12-26/h8,13-14,20,22,24H,3-7,9-12,15-19H2,1-2H3/t24-,27+/m0/s1. The van der Waals surface area contributed by atoms with Gasteiger partial charge in [0.25, 0.3) is 5.91 Å². The lowest BCUT2D eigenvalue weighted by Crippen LogP contribution is -2.77. The van der Waals surface area contributed by atoms with Crippen molar-refractivity contribution in [3.05, 3.63) is 24.0 Å². The highest BCUT2D eigenvalue weighted by Crippen LogP contribution is 2.56. The molecule has 3 aliphatic carbocycles. The molecule has 194 valence electrons. The molecule has 1 aromatic heterocycles. The third-order valence-electron chi connectivity index (χ3n) is 8.58. The molecule has 0 bridgehead atoms. The molecule has 4 fully saturated rings. The highest BCUT2D eigenvalue weighted by atomic mass is 32.2. The second-order valence-corrected chi connectivity index (χ2v) is 12.0. The number of aromatic nitrogens is 1. The van der Waals surface area contributed by atoms with Gasteiger partial charge >= 0.3 is 0 Å². The predicted molar refractivity (Wildman–Crippen MR) is 135 cm³/mol.